The van der Waals surface area contributed by atoms with E-state index in [1.807, 2.05) is 24.3 Å². The number of nitrogens with one attached hydrogen (secondary N) is 1. The van der Waals surface area contributed by atoms with E-state index < -0.39 is 0 Å². The first-order valence-corrected chi connectivity index (χ1v) is 7.80. The van der Waals surface area contributed by atoms with Crippen LogP contribution in [0.3, 0.4) is 0 Å². The molecule has 0 spiro atoms. The molecule has 1 aromatic carbocycles. The first-order valence-electron chi connectivity index (χ1n) is 6.82. The predicted molar refractivity (Wildman–Crippen MR) is 85.4 cm³/mol. The van der Waals surface area contributed by atoms with E-state index in [0.29, 0.717) is 28.3 Å². The molecule has 23 heavy (non-hydrogen) atoms. The third kappa shape index (κ3) is 3.78. The molecule has 0 saturated carbocycles. The van der Waals surface area contributed by atoms with Crippen LogP contribution in [0.5, 0.6) is 5.75 Å². The Kier molecular flexibility index (Phi) is 4.42. The molecule has 0 fully saturated rings. The minimum absolute atomic E-state index is 0.176. The number of rotatable bonds is 5. The fourth-order valence-corrected chi connectivity index (χ4v) is 2.68. The minimum atomic E-state index is -0.176. The van der Waals surface area contributed by atoms with Crippen LogP contribution in [0.25, 0.3) is 11.4 Å². The number of thioether (sulfide) groups is 1. The molecule has 2 aromatic heterocycles. The Morgan fingerprint density at radius 2 is 2.04 bits per heavy atom. The van der Waals surface area contributed by atoms with Gasteiger partial charge >= 0.3 is 0 Å². The summed E-state index contributed by atoms with van der Waals surface area (Å²) in [5, 5.41) is 4.48. The van der Waals surface area contributed by atoms with Gasteiger partial charge in [0.1, 0.15) is 5.75 Å². The van der Waals surface area contributed by atoms with Gasteiger partial charge in [0.15, 0.2) is 5.16 Å². The number of aromatic nitrogens is 4. The Balaban J connectivity index is 1.70. The number of hydrogen-bond donors (Lipinski definition) is 1. The molecule has 0 radical (unpaired) electrons. The second-order valence-electron chi connectivity index (χ2n) is 4.72. The lowest BCUT2D eigenvalue weighted by molar-refractivity contribution is 0.391. The van der Waals surface area contributed by atoms with Crippen molar-refractivity contribution in [3.05, 3.63) is 52.3 Å². The first kappa shape index (κ1) is 15.3. The van der Waals surface area contributed by atoms with Crippen molar-refractivity contribution in [3.8, 4) is 17.1 Å². The largest absolute Gasteiger partial charge is 0.497 e. The molecule has 3 aromatic rings. The van der Waals surface area contributed by atoms with Crippen LogP contribution in [0.2, 0.25) is 0 Å². The highest BCUT2D eigenvalue weighted by Gasteiger charge is 2.10. The zero-order valence-electron chi connectivity index (χ0n) is 12.6. The molecular formula is C15H14N4O3S. The van der Waals surface area contributed by atoms with Crippen LogP contribution in [0.15, 0.2) is 44.8 Å². The lowest BCUT2D eigenvalue weighted by Crippen LogP contribution is -2.08. The zero-order valence-corrected chi connectivity index (χ0v) is 13.4. The lowest BCUT2D eigenvalue weighted by Gasteiger charge is -1.99. The van der Waals surface area contributed by atoms with E-state index >= 15 is 0 Å². The highest BCUT2D eigenvalue weighted by molar-refractivity contribution is 7.98. The maximum atomic E-state index is 11.4. The van der Waals surface area contributed by atoms with Crippen LogP contribution in [0, 0.1) is 6.92 Å². The number of aromatic amines is 1. The minimum Gasteiger partial charge on any atom is -0.497 e. The van der Waals surface area contributed by atoms with E-state index in [-0.39, 0.29) is 5.56 Å². The Morgan fingerprint density at radius 1 is 1.26 bits per heavy atom. The standard InChI is InChI=1S/C15H14N4O3S/c1-9-7-12(20)17-15(16-9)23-8-13-18-14(19-22-13)10-3-5-11(21-2)6-4-10/h3-7H,8H2,1-2H3,(H,16,17,20). The predicted octanol–water partition coefficient (Wildman–Crippen LogP) is 2.43. The fourth-order valence-electron chi connectivity index (χ4n) is 1.92. The van der Waals surface area contributed by atoms with Crippen LogP contribution in [0.4, 0.5) is 0 Å². The summed E-state index contributed by atoms with van der Waals surface area (Å²) in [5.74, 6) is 2.16. The molecule has 0 atom stereocenters. The summed E-state index contributed by atoms with van der Waals surface area (Å²) in [6, 6.07) is 8.84. The van der Waals surface area contributed by atoms with Crippen LogP contribution >= 0.6 is 11.8 Å². The SMILES string of the molecule is COc1ccc(-c2noc(CSc3nc(C)cc(=O)[nH]3)n2)cc1. The molecule has 0 aliphatic carbocycles. The molecular weight excluding hydrogens is 316 g/mol. The summed E-state index contributed by atoms with van der Waals surface area (Å²) >= 11 is 1.33. The number of methoxy groups -OCH3 is 1. The van der Waals surface area contributed by atoms with Crippen LogP contribution in [-0.4, -0.2) is 27.2 Å². The number of hydrogen-bond acceptors (Lipinski definition) is 7. The number of H-pyrrole nitrogens is 1. The summed E-state index contributed by atoms with van der Waals surface area (Å²) in [5.41, 5.74) is 1.33. The summed E-state index contributed by atoms with van der Waals surface area (Å²) in [6.07, 6.45) is 0. The van der Waals surface area contributed by atoms with E-state index in [0.717, 1.165) is 11.3 Å². The monoisotopic (exact) mass is 330 g/mol. The maximum Gasteiger partial charge on any atom is 0.251 e. The number of ether oxygens (including phenoxy) is 1. The van der Waals surface area contributed by atoms with E-state index in [4.69, 9.17) is 9.26 Å². The third-order valence-electron chi connectivity index (χ3n) is 3.00. The normalized spacial score (nSPS) is 10.7. The van der Waals surface area contributed by atoms with Crippen molar-refractivity contribution < 1.29 is 9.26 Å². The summed E-state index contributed by atoms with van der Waals surface area (Å²) < 4.78 is 10.3. The van der Waals surface area contributed by atoms with Gasteiger partial charge in [0.05, 0.1) is 12.9 Å². The highest BCUT2D eigenvalue weighted by atomic mass is 32.2. The van der Waals surface area contributed by atoms with E-state index in [2.05, 4.69) is 20.1 Å². The van der Waals surface area contributed by atoms with Crippen molar-refractivity contribution in [2.45, 2.75) is 17.8 Å². The molecule has 0 aliphatic rings. The van der Waals surface area contributed by atoms with Gasteiger partial charge in [-0.05, 0) is 31.2 Å². The lowest BCUT2D eigenvalue weighted by atomic mass is 10.2. The molecule has 2 heterocycles. The highest BCUT2D eigenvalue weighted by Crippen LogP contribution is 2.22. The molecule has 1 N–H and O–H groups in total. The Labute approximate surface area is 136 Å². The first-order chi connectivity index (χ1) is 11.1. The number of benzene rings is 1. The van der Waals surface area contributed by atoms with Crippen LogP contribution in [0.1, 0.15) is 11.6 Å². The van der Waals surface area contributed by atoms with Gasteiger partial charge in [0.25, 0.3) is 5.56 Å². The zero-order chi connectivity index (χ0) is 16.2. The van der Waals surface area contributed by atoms with Crippen molar-refractivity contribution in [1.82, 2.24) is 20.1 Å². The van der Waals surface area contributed by atoms with Gasteiger partial charge in [0.2, 0.25) is 11.7 Å². The van der Waals surface area contributed by atoms with Crippen LogP contribution < -0.4 is 10.3 Å². The molecule has 118 valence electrons. The Hall–Kier alpha value is -2.61. The van der Waals surface area contributed by atoms with Gasteiger partial charge in [-0.3, -0.25) is 4.79 Å². The van der Waals surface area contributed by atoms with Gasteiger partial charge in [-0.25, -0.2) is 4.98 Å². The van der Waals surface area contributed by atoms with Crippen molar-refractivity contribution in [1.29, 1.82) is 0 Å². The number of aryl methyl sites for hydroxylation is 1. The Bertz CT molecular complexity index is 858. The summed E-state index contributed by atoms with van der Waals surface area (Å²) in [4.78, 5) is 22.6. The number of nitrogens with zero attached hydrogens (tertiary/aromatic N) is 3. The topological polar surface area (TPSA) is 93.9 Å². The van der Waals surface area contributed by atoms with Gasteiger partial charge in [-0.2, -0.15) is 4.98 Å². The van der Waals surface area contributed by atoms with Gasteiger partial charge in [-0.15, -0.1) is 0 Å². The molecule has 0 bridgehead atoms. The van der Waals surface area contributed by atoms with Gasteiger partial charge < -0.3 is 14.2 Å². The average Bonchev–Trinajstić information content (AvgIpc) is 3.01. The van der Waals surface area contributed by atoms with E-state index in [1.54, 1.807) is 14.0 Å². The van der Waals surface area contributed by atoms with Crippen molar-refractivity contribution in [3.63, 3.8) is 0 Å². The van der Waals surface area contributed by atoms with Crippen molar-refractivity contribution >= 4 is 11.8 Å². The summed E-state index contributed by atoms with van der Waals surface area (Å²) in [6.45, 7) is 1.77. The molecule has 0 aliphatic heterocycles. The summed E-state index contributed by atoms with van der Waals surface area (Å²) in [7, 11) is 1.61. The van der Waals surface area contributed by atoms with Gasteiger partial charge in [-0.1, -0.05) is 16.9 Å². The molecule has 0 amide bonds. The quantitative estimate of drug-likeness (QED) is 0.567. The van der Waals surface area contributed by atoms with Crippen molar-refractivity contribution in [2.24, 2.45) is 0 Å². The second kappa shape index (κ2) is 6.66. The van der Waals surface area contributed by atoms with Gasteiger partial charge in [0, 0.05) is 17.3 Å². The second-order valence-corrected chi connectivity index (χ2v) is 5.68. The molecule has 8 heteroatoms. The smallest absolute Gasteiger partial charge is 0.251 e. The third-order valence-corrected chi connectivity index (χ3v) is 3.85. The Morgan fingerprint density at radius 3 is 2.74 bits per heavy atom. The fraction of sp³-hybridized carbons (Fsp3) is 0.200. The van der Waals surface area contributed by atoms with Crippen LogP contribution in [-0.2, 0) is 5.75 Å². The molecule has 0 unspecified atom stereocenters. The molecule has 0 saturated heterocycles. The molecule has 3 rings (SSSR count). The maximum absolute atomic E-state index is 11.4. The van der Waals surface area contributed by atoms with Crippen molar-refractivity contribution in [2.75, 3.05) is 7.11 Å². The average molecular weight is 330 g/mol. The van der Waals surface area contributed by atoms with E-state index in [9.17, 15) is 4.79 Å². The molecule has 7 nitrogen and oxygen atoms in total. The van der Waals surface area contributed by atoms with E-state index in [1.165, 1.54) is 17.8 Å².